The van der Waals surface area contributed by atoms with Gasteiger partial charge in [0, 0.05) is 6.92 Å². The van der Waals surface area contributed by atoms with Gasteiger partial charge in [-0.15, -0.1) is 0 Å². The first-order valence-corrected chi connectivity index (χ1v) is 25.4. The number of aliphatic hydroxyl groups excluding tert-OH is 20. The number of nitrogens with one attached hydrogen (secondary N) is 1. The van der Waals surface area contributed by atoms with Gasteiger partial charge in [-0.05, 0) is 13.8 Å². The van der Waals surface area contributed by atoms with E-state index in [1.54, 1.807) is 0 Å². The van der Waals surface area contributed by atoms with Crippen LogP contribution in [0.2, 0.25) is 0 Å². The molecule has 7 aliphatic heterocycles. The third-order valence-corrected chi connectivity index (χ3v) is 14.9. The lowest BCUT2D eigenvalue weighted by atomic mass is 9.93. The molecule has 460 valence electrons. The van der Waals surface area contributed by atoms with Crippen LogP contribution in [0, 0.1) is 0 Å². The molecule has 79 heavy (non-hydrogen) atoms. The Bertz CT molecular complexity index is 1900. The lowest BCUT2D eigenvalue weighted by Gasteiger charge is -2.53. The maximum atomic E-state index is 13.4. The van der Waals surface area contributed by atoms with Crippen LogP contribution in [0.3, 0.4) is 0 Å². The minimum atomic E-state index is -2.28. The number of carbonyl (C=O) groups is 1. The molecule has 21 N–H and O–H groups in total. The smallest absolute Gasteiger partial charge is 0.217 e. The highest BCUT2D eigenvalue weighted by atomic mass is 16.8. The molecular formula is C44H75NO34. The fraction of sp³-hybridized carbons (Fsp3) is 0.977. The molecular weight excluding hydrogens is 1090 g/mol. The molecule has 1 amide bonds. The molecule has 35 atom stereocenters. The Labute approximate surface area is 447 Å². The molecule has 0 unspecified atom stereocenters. The molecule has 7 aliphatic rings. The van der Waals surface area contributed by atoms with Gasteiger partial charge >= 0.3 is 0 Å². The average molecular weight is 1160 g/mol. The highest BCUT2D eigenvalue weighted by molar-refractivity contribution is 5.73. The van der Waals surface area contributed by atoms with Crippen molar-refractivity contribution in [1.29, 1.82) is 0 Å². The van der Waals surface area contributed by atoms with Crippen LogP contribution in [0.1, 0.15) is 20.8 Å². The van der Waals surface area contributed by atoms with Crippen LogP contribution >= 0.6 is 0 Å². The number of rotatable bonds is 18. The van der Waals surface area contributed by atoms with Gasteiger partial charge in [0.05, 0.1) is 45.2 Å². The van der Waals surface area contributed by atoms with E-state index in [1.807, 2.05) is 0 Å². The Kier molecular flexibility index (Phi) is 22.5. The van der Waals surface area contributed by atoms with Gasteiger partial charge in [-0.1, -0.05) is 0 Å². The zero-order valence-corrected chi connectivity index (χ0v) is 42.4. The topological polar surface area (TPSA) is 554 Å². The number of amides is 1. The number of hydrogen-bond acceptors (Lipinski definition) is 34. The van der Waals surface area contributed by atoms with Gasteiger partial charge in [0.25, 0.3) is 0 Å². The second-order valence-corrected chi connectivity index (χ2v) is 20.3. The summed E-state index contributed by atoms with van der Waals surface area (Å²) in [4.78, 5) is 13.4. The van der Waals surface area contributed by atoms with Crippen molar-refractivity contribution in [3.63, 3.8) is 0 Å². The summed E-state index contributed by atoms with van der Waals surface area (Å²) in [6.45, 7) is -1.77. The second-order valence-electron chi connectivity index (χ2n) is 20.3. The number of ether oxygens (including phenoxy) is 13. The fourth-order valence-electron chi connectivity index (χ4n) is 10.3. The van der Waals surface area contributed by atoms with Gasteiger partial charge in [0.2, 0.25) is 5.91 Å². The molecule has 0 aromatic rings. The first-order valence-electron chi connectivity index (χ1n) is 25.4. The Morgan fingerprint density at radius 3 is 1.20 bits per heavy atom. The van der Waals surface area contributed by atoms with E-state index in [1.165, 1.54) is 13.8 Å². The quantitative estimate of drug-likeness (QED) is 0.0606. The summed E-state index contributed by atoms with van der Waals surface area (Å²) in [5.41, 5.74) is 0. The van der Waals surface area contributed by atoms with E-state index < -0.39 is 254 Å². The molecule has 0 aromatic carbocycles. The monoisotopic (exact) mass is 1160 g/mol. The number of carbonyl (C=O) groups excluding carboxylic acids is 1. The molecule has 0 bridgehead atoms. The molecule has 7 fully saturated rings. The standard InChI is InChI=1S/C44H75NO34/c1-9-18(52)23(57)28(62)40(67-9)75-33-16(8-50)73-39(77-35-21(55)13(5-47)71-43(31(35)65)74-32-15(7-49)69-38(66)27(61)26(32)60)17(45-11(3)51)34(33)76-44-37(79-41-29(63)24(58)19(53)10(2)68-41)36(22(56)14(6-48)72-44)78-42-30(64)25(59)20(54)12(4-46)70-42/h9-10,12-44,46-50,52-66H,4-8H2,1-3H3,(H,45,51)/t9-,10-,12+,13+,14+,15+,16+,17+,18+,19+,20-,21-,22-,23+,24+,25-,26+,27+,28-,29-,30+,31+,32+,33+,34+,35-,36-,37+,38+,39-,40-,41-,42+,43-,44-/m0/s1. The van der Waals surface area contributed by atoms with Crippen molar-refractivity contribution in [2.45, 2.75) is 236 Å². The predicted molar refractivity (Wildman–Crippen MR) is 241 cm³/mol. The number of aliphatic hydroxyl groups is 20. The molecule has 0 radical (unpaired) electrons. The van der Waals surface area contributed by atoms with Gasteiger partial charge in [-0.25, -0.2) is 0 Å². The summed E-state index contributed by atoms with van der Waals surface area (Å²) in [6.07, 6.45) is -66.9. The summed E-state index contributed by atoms with van der Waals surface area (Å²) < 4.78 is 76.7. The third kappa shape index (κ3) is 13.5. The van der Waals surface area contributed by atoms with Crippen LogP contribution in [-0.4, -0.2) is 356 Å². The van der Waals surface area contributed by atoms with Crippen molar-refractivity contribution < 1.29 is 169 Å². The van der Waals surface area contributed by atoms with Crippen LogP contribution in [0.5, 0.6) is 0 Å². The second kappa shape index (κ2) is 27.5. The van der Waals surface area contributed by atoms with Crippen molar-refractivity contribution in [3.8, 4) is 0 Å². The largest absolute Gasteiger partial charge is 0.394 e. The highest BCUT2D eigenvalue weighted by Crippen LogP contribution is 2.40. The van der Waals surface area contributed by atoms with E-state index in [-0.39, 0.29) is 0 Å². The molecule has 0 aliphatic carbocycles. The lowest BCUT2D eigenvalue weighted by molar-refractivity contribution is -0.411. The van der Waals surface area contributed by atoms with E-state index in [9.17, 15) is 107 Å². The molecule has 0 spiro atoms. The third-order valence-electron chi connectivity index (χ3n) is 14.9. The first-order chi connectivity index (χ1) is 37.3. The van der Waals surface area contributed by atoms with Crippen molar-refractivity contribution >= 4 is 5.91 Å². The van der Waals surface area contributed by atoms with Crippen LogP contribution in [-0.2, 0) is 66.4 Å². The van der Waals surface area contributed by atoms with Crippen LogP contribution in [0.25, 0.3) is 0 Å². The SMILES string of the molecule is CC(=O)N[C@H]1[C@H](O[C@H]2[C@@H](O)[C@@H](CO)O[C@@H](O[C@H]3[C@H](O)[C@@H](O)[C@H](O)O[C@@H]3CO)[C@@H]2O)O[C@H](CO)[C@@H](O[C@@H]2O[C@@H](C)[C@@H](O)[C@@H](O)[C@@H]2O)[C@@H]1O[C@@H]1O[C@H](CO)[C@H](O)[C@H](O[C@H]2O[C@H](CO)[C@H](O)[C@H](O)[C@H]2O)[C@H]1O[C@@H]1O[C@@H](C)[C@@H](O)[C@@H](O)[C@@H]1O. The van der Waals surface area contributed by atoms with E-state index in [0.717, 1.165) is 6.92 Å². The Hall–Kier alpha value is -1.85. The van der Waals surface area contributed by atoms with Gasteiger partial charge in [0.15, 0.2) is 44.0 Å². The average Bonchev–Trinajstić information content (AvgIpc) is 3.54. The lowest BCUT2D eigenvalue weighted by Crippen LogP contribution is -2.72. The summed E-state index contributed by atoms with van der Waals surface area (Å²) in [5, 5.41) is 218. The zero-order valence-electron chi connectivity index (χ0n) is 42.4. The minimum Gasteiger partial charge on any atom is -0.394 e. The minimum absolute atomic E-state index is 0.948. The van der Waals surface area contributed by atoms with Crippen molar-refractivity contribution in [2.24, 2.45) is 0 Å². The molecule has 0 aromatic heterocycles. The van der Waals surface area contributed by atoms with Crippen molar-refractivity contribution in [3.05, 3.63) is 0 Å². The summed E-state index contributed by atoms with van der Waals surface area (Å²) in [6, 6.07) is -1.99. The first kappa shape index (κ1) is 64.7. The maximum absolute atomic E-state index is 13.4. The van der Waals surface area contributed by atoms with Crippen LogP contribution < -0.4 is 5.32 Å². The van der Waals surface area contributed by atoms with Gasteiger partial charge in [-0.3, -0.25) is 4.79 Å². The Morgan fingerprint density at radius 1 is 0.329 bits per heavy atom. The van der Waals surface area contributed by atoms with Crippen molar-refractivity contribution in [2.75, 3.05) is 33.0 Å². The summed E-state index contributed by atoms with van der Waals surface area (Å²) in [5.74, 6) is -0.965. The Balaban J connectivity index is 1.31. The zero-order chi connectivity index (χ0) is 58.2. The van der Waals surface area contributed by atoms with Gasteiger partial charge in [-0.2, -0.15) is 0 Å². The summed E-state index contributed by atoms with van der Waals surface area (Å²) in [7, 11) is 0. The molecule has 7 saturated heterocycles. The van der Waals surface area contributed by atoms with Gasteiger partial charge in [0.1, 0.15) is 159 Å². The van der Waals surface area contributed by atoms with Gasteiger partial charge < -0.3 is 169 Å². The molecule has 7 rings (SSSR count). The number of hydrogen-bond donors (Lipinski definition) is 21. The maximum Gasteiger partial charge on any atom is 0.217 e. The van der Waals surface area contributed by atoms with Crippen LogP contribution in [0.15, 0.2) is 0 Å². The van der Waals surface area contributed by atoms with E-state index in [2.05, 4.69) is 5.32 Å². The summed E-state index contributed by atoms with van der Waals surface area (Å²) >= 11 is 0. The van der Waals surface area contributed by atoms with E-state index in [0.29, 0.717) is 0 Å². The fourth-order valence-corrected chi connectivity index (χ4v) is 10.3. The van der Waals surface area contributed by atoms with Crippen LogP contribution in [0.4, 0.5) is 0 Å². The Morgan fingerprint density at radius 2 is 0.696 bits per heavy atom. The van der Waals surface area contributed by atoms with E-state index in [4.69, 9.17) is 61.6 Å². The molecule has 7 heterocycles. The highest BCUT2D eigenvalue weighted by Gasteiger charge is 2.60. The molecule has 35 nitrogen and oxygen atoms in total. The van der Waals surface area contributed by atoms with E-state index >= 15 is 0 Å². The molecule has 35 heteroatoms. The normalized spacial score (nSPS) is 52.9. The van der Waals surface area contributed by atoms with Crippen molar-refractivity contribution in [1.82, 2.24) is 5.32 Å². The predicted octanol–water partition coefficient (Wildman–Crippen LogP) is -14.1. The molecule has 0 saturated carbocycles.